The fourth-order valence-corrected chi connectivity index (χ4v) is 1.96. The van der Waals surface area contributed by atoms with Crippen LogP contribution in [-0.2, 0) is 4.79 Å². The summed E-state index contributed by atoms with van der Waals surface area (Å²) >= 11 is 0. The number of amides is 1. The Hall–Kier alpha value is -1.12. The maximum Gasteiger partial charge on any atom is 0.257 e. The van der Waals surface area contributed by atoms with Gasteiger partial charge in [-0.05, 0) is 26.7 Å². The van der Waals surface area contributed by atoms with Crippen molar-refractivity contribution < 1.29 is 4.79 Å². The summed E-state index contributed by atoms with van der Waals surface area (Å²) in [6, 6.07) is 0. The monoisotopic (exact) mass is 194 g/mol. The second-order valence-corrected chi connectivity index (χ2v) is 4.11. The van der Waals surface area contributed by atoms with Crippen LogP contribution in [0.5, 0.6) is 0 Å². The molecule has 1 amide bonds. The second-order valence-electron chi connectivity index (χ2n) is 4.11. The van der Waals surface area contributed by atoms with Crippen molar-refractivity contribution in [2.24, 2.45) is 16.1 Å². The summed E-state index contributed by atoms with van der Waals surface area (Å²) in [6.07, 6.45) is 1.86. The first-order chi connectivity index (χ1) is 6.45. The zero-order chi connectivity index (χ0) is 10.9. The van der Waals surface area contributed by atoms with Gasteiger partial charge in [0, 0.05) is 5.57 Å². The van der Waals surface area contributed by atoms with E-state index in [4.69, 9.17) is 5.73 Å². The van der Waals surface area contributed by atoms with Crippen LogP contribution in [0.2, 0.25) is 0 Å². The van der Waals surface area contributed by atoms with E-state index in [0.717, 1.165) is 18.4 Å². The van der Waals surface area contributed by atoms with E-state index >= 15 is 0 Å². The highest BCUT2D eigenvalue weighted by Gasteiger charge is 2.40. The van der Waals surface area contributed by atoms with Crippen LogP contribution in [0, 0.1) is 5.41 Å². The summed E-state index contributed by atoms with van der Waals surface area (Å²) in [7, 11) is 0. The molecule has 3 heteroatoms. The number of rotatable bonds is 2. The SMILES string of the molecule is CCC(CC)=C1C(N)=NC(=O)C1(C)C. The Balaban J connectivity index is 3.28. The van der Waals surface area contributed by atoms with Gasteiger partial charge in [-0.3, -0.25) is 4.79 Å². The predicted octanol–water partition coefficient (Wildman–Crippen LogP) is 2.03. The van der Waals surface area contributed by atoms with Gasteiger partial charge in [0.25, 0.3) is 5.91 Å². The lowest BCUT2D eigenvalue weighted by Crippen LogP contribution is -2.25. The van der Waals surface area contributed by atoms with Gasteiger partial charge >= 0.3 is 0 Å². The average Bonchev–Trinajstić information content (AvgIpc) is 2.30. The van der Waals surface area contributed by atoms with E-state index in [0.29, 0.717) is 5.84 Å². The highest BCUT2D eigenvalue weighted by molar-refractivity contribution is 6.15. The molecular formula is C11H18N2O. The summed E-state index contributed by atoms with van der Waals surface area (Å²) in [6.45, 7) is 7.94. The molecule has 0 spiro atoms. The Morgan fingerprint density at radius 2 is 1.86 bits per heavy atom. The Kier molecular flexibility index (Phi) is 2.79. The minimum Gasteiger partial charge on any atom is -0.383 e. The van der Waals surface area contributed by atoms with E-state index < -0.39 is 5.41 Å². The fourth-order valence-electron chi connectivity index (χ4n) is 1.96. The number of aliphatic imine (C=N–C) groups is 1. The maximum absolute atomic E-state index is 11.6. The zero-order valence-electron chi connectivity index (χ0n) is 9.35. The standard InChI is InChI=1S/C11H18N2O/c1-5-7(6-2)8-9(12)13-10(14)11(8,3)4/h5-6H2,1-4H3,(H2,12,13,14). The number of carbonyl (C=O) groups excluding carboxylic acids is 1. The van der Waals surface area contributed by atoms with Gasteiger partial charge in [-0.25, -0.2) is 0 Å². The van der Waals surface area contributed by atoms with Crippen LogP contribution >= 0.6 is 0 Å². The van der Waals surface area contributed by atoms with Crippen molar-refractivity contribution in [1.29, 1.82) is 0 Å². The average molecular weight is 194 g/mol. The topological polar surface area (TPSA) is 55.4 Å². The van der Waals surface area contributed by atoms with Gasteiger partial charge in [-0.15, -0.1) is 0 Å². The van der Waals surface area contributed by atoms with Crippen LogP contribution in [0.15, 0.2) is 16.1 Å². The van der Waals surface area contributed by atoms with Crippen molar-refractivity contribution in [3.8, 4) is 0 Å². The molecule has 1 rings (SSSR count). The molecule has 0 radical (unpaired) electrons. The first kappa shape index (κ1) is 11.0. The van der Waals surface area contributed by atoms with Gasteiger partial charge in [0.2, 0.25) is 0 Å². The van der Waals surface area contributed by atoms with Gasteiger partial charge in [0.15, 0.2) is 0 Å². The molecule has 0 bridgehead atoms. The molecule has 2 N–H and O–H groups in total. The van der Waals surface area contributed by atoms with Gasteiger partial charge in [0.05, 0.1) is 5.41 Å². The number of nitrogens with zero attached hydrogens (tertiary/aromatic N) is 1. The van der Waals surface area contributed by atoms with E-state index in [9.17, 15) is 4.79 Å². The lowest BCUT2D eigenvalue weighted by molar-refractivity contribution is -0.123. The Morgan fingerprint density at radius 3 is 2.14 bits per heavy atom. The molecule has 0 aliphatic carbocycles. The molecule has 14 heavy (non-hydrogen) atoms. The lowest BCUT2D eigenvalue weighted by Gasteiger charge is -2.20. The number of carbonyl (C=O) groups is 1. The summed E-state index contributed by atoms with van der Waals surface area (Å²) in [5.41, 5.74) is 7.44. The summed E-state index contributed by atoms with van der Waals surface area (Å²) in [4.78, 5) is 15.4. The first-order valence-electron chi connectivity index (χ1n) is 5.06. The zero-order valence-corrected chi connectivity index (χ0v) is 9.35. The smallest absolute Gasteiger partial charge is 0.257 e. The van der Waals surface area contributed by atoms with Crippen molar-refractivity contribution in [3.63, 3.8) is 0 Å². The summed E-state index contributed by atoms with van der Waals surface area (Å²) in [5, 5.41) is 0. The van der Waals surface area contributed by atoms with Crippen molar-refractivity contribution in [2.45, 2.75) is 40.5 Å². The van der Waals surface area contributed by atoms with E-state index in [1.54, 1.807) is 0 Å². The molecule has 0 saturated carbocycles. The molecule has 3 nitrogen and oxygen atoms in total. The normalized spacial score (nSPS) is 19.9. The van der Waals surface area contributed by atoms with E-state index in [2.05, 4.69) is 18.8 Å². The molecular weight excluding hydrogens is 176 g/mol. The maximum atomic E-state index is 11.6. The Morgan fingerprint density at radius 1 is 1.36 bits per heavy atom. The van der Waals surface area contributed by atoms with Crippen LogP contribution in [-0.4, -0.2) is 11.7 Å². The molecule has 0 aromatic heterocycles. The molecule has 1 heterocycles. The molecule has 0 aromatic carbocycles. The first-order valence-corrected chi connectivity index (χ1v) is 5.06. The van der Waals surface area contributed by atoms with Gasteiger partial charge < -0.3 is 5.73 Å². The van der Waals surface area contributed by atoms with Crippen molar-refractivity contribution in [2.75, 3.05) is 0 Å². The molecule has 0 saturated heterocycles. The van der Waals surface area contributed by atoms with Crippen LogP contribution in [0.1, 0.15) is 40.5 Å². The molecule has 78 valence electrons. The molecule has 0 atom stereocenters. The minimum absolute atomic E-state index is 0.121. The second kappa shape index (κ2) is 3.56. The number of amidine groups is 1. The highest BCUT2D eigenvalue weighted by atomic mass is 16.1. The largest absolute Gasteiger partial charge is 0.383 e. The van der Waals surface area contributed by atoms with E-state index in [1.807, 2.05) is 13.8 Å². The van der Waals surface area contributed by atoms with Crippen molar-refractivity contribution in [1.82, 2.24) is 0 Å². The molecule has 0 fully saturated rings. The molecule has 0 unspecified atom stereocenters. The Labute approximate surface area is 85.1 Å². The number of hydrogen-bond acceptors (Lipinski definition) is 2. The number of allylic oxidation sites excluding steroid dienone is 1. The highest BCUT2D eigenvalue weighted by Crippen LogP contribution is 2.36. The summed E-state index contributed by atoms with van der Waals surface area (Å²) in [5.74, 6) is 0.295. The molecule has 0 aromatic rings. The third kappa shape index (κ3) is 1.47. The Bertz CT molecular complexity index is 318. The van der Waals surface area contributed by atoms with Gasteiger partial charge in [0.1, 0.15) is 5.84 Å². The minimum atomic E-state index is -0.522. The van der Waals surface area contributed by atoms with E-state index in [1.165, 1.54) is 5.57 Å². The molecule has 1 aliphatic rings. The third-order valence-electron chi connectivity index (χ3n) is 2.84. The van der Waals surface area contributed by atoms with Gasteiger partial charge in [-0.1, -0.05) is 19.4 Å². The van der Waals surface area contributed by atoms with Gasteiger partial charge in [-0.2, -0.15) is 4.99 Å². The van der Waals surface area contributed by atoms with Crippen LogP contribution in [0.3, 0.4) is 0 Å². The number of nitrogens with two attached hydrogens (primary N) is 1. The van der Waals surface area contributed by atoms with Crippen LogP contribution in [0.25, 0.3) is 0 Å². The fraction of sp³-hybridized carbons (Fsp3) is 0.636. The third-order valence-corrected chi connectivity index (χ3v) is 2.84. The van der Waals surface area contributed by atoms with E-state index in [-0.39, 0.29) is 5.91 Å². The van der Waals surface area contributed by atoms with Crippen molar-refractivity contribution >= 4 is 11.7 Å². The van der Waals surface area contributed by atoms with Crippen LogP contribution < -0.4 is 5.73 Å². The van der Waals surface area contributed by atoms with Crippen LogP contribution in [0.4, 0.5) is 0 Å². The quantitative estimate of drug-likeness (QED) is 0.731. The predicted molar refractivity (Wildman–Crippen MR) is 58.0 cm³/mol. The number of hydrogen-bond donors (Lipinski definition) is 1. The molecule has 1 aliphatic heterocycles. The summed E-state index contributed by atoms with van der Waals surface area (Å²) < 4.78 is 0. The van der Waals surface area contributed by atoms with Crippen molar-refractivity contribution in [3.05, 3.63) is 11.1 Å². The lowest BCUT2D eigenvalue weighted by atomic mass is 9.81.